The van der Waals surface area contributed by atoms with Gasteiger partial charge in [0.2, 0.25) is 0 Å². The number of esters is 1. The second-order valence-electron chi connectivity index (χ2n) is 11.5. The number of hydrogen-bond acceptors (Lipinski definition) is 6. The highest BCUT2D eigenvalue weighted by atomic mass is 28.4. The molecule has 0 amide bonds. The zero-order valence-corrected chi connectivity index (χ0v) is 24.0. The Morgan fingerprint density at radius 3 is 1.64 bits per heavy atom. The molecule has 1 saturated heterocycles. The second kappa shape index (κ2) is 8.73. The second-order valence-corrected chi connectivity index (χ2v) is 29.3. The van der Waals surface area contributed by atoms with Gasteiger partial charge in [0.25, 0.3) is 5.79 Å². The molecule has 6 nitrogen and oxygen atoms in total. The van der Waals surface area contributed by atoms with Crippen molar-refractivity contribution in [2.24, 2.45) is 0 Å². The summed E-state index contributed by atoms with van der Waals surface area (Å²) >= 11 is 0. The molecule has 1 heterocycles. The van der Waals surface area contributed by atoms with Crippen molar-refractivity contribution in [1.29, 1.82) is 0 Å². The van der Waals surface area contributed by atoms with E-state index in [9.17, 15) is 4.79 Å². The van der Waals surface area contributed by atoms with Crippen LogP contribution >= 0.6 is 0 Å². The molecule has 166 valence electrons. The van der Waals surface area contributed by atoms with Crippen LogP contribution in [0.3, 0.4) is 0 Å². The van der Waals surface area contributed by atoms with Crippen LogP contribution in [0.15, 0.2) is 0 Å². The lowest BCUT2D eigenvalue weighted by atomic mass is 10.0. The number of hydrogen-bond donors (Lipinski definition) is 0. The lowest BCUT2D eigenvalue weighted by molar-refractivity contribution is -0.248. The van der Waals surface area contributed by atoms with E-state index in [1.165, 1.54) is 0 Å². The number of cyclic esters (lactones) is 1. The van der Waals surface area contributed by atoms with Crippen molar-refractivity contribution in [3.63, 3.8) is 0 Å². The van der Waals surface area contributed by atoms with E-state index in [0.29, 0.717) is 13.0 Å². The van der Waals surface area contributed by atoms with Crippen LogP contribution < -0.4 is 0 Å². The van der Waals surface area contributed by atoms with Gasteiger partial charge in [-0.15, -0.1) is 0 Å². The van der Waals surface area contributed by atoms with Gasteiger partial charge in [0.15, 0.2) is 33.3 Å². The third-order valence-corrected chi connectivity index (χ3v) is 7.43. The molecule has 0 aromatic carbocycles. The van der Waals surface area contributed by atoms with Crippen LogP contribution in [0.2, 0.25) is 78.6 Å². The Hall–Kier alpha value is 0.178. The number of carbonyl (C=O) groups is 1. The minimum atomic E-state index is -2.14. The largest absolute Gasteiger partial charge is 0.456 e. The number of ether oxygens (including phenoxy) is 1. The van der Waals surface area contributed by atoms with Gasteiger partial charge in [0.05, 0.1) is 6.61 Å². The van der Waals surface area contributed by atoms with Crippen molar-refractivity contribution in [2.45, 2.75) is 103 Å². The van der Waals surface area contributed by atoms with Crippen LogP contribution in [-0.4, -0.2) is 63.8 Å². The van der Waals surface area contributed by atoms with Gasteiger partial charge in [-0.3, -0.25) is 0 Å². The van der Waals surface area contributed by atoms with Crippen molar-refractivity contribution in [1.82, 2.24) is 0 Å². The van der Waals surface area contributed by atoms with E-state index in [4.69, 9.17) is 22.4 Å². The van der Waals surface area contributed by atoms with E-state index in [-0.39, 0.29) is 6.10 Å². The van der Waals surface area contributed by atoms with Gasteiger partial charge >= 0.3 is 5.97 Å². The highest BCUT2D eigenvalue weighted by molar-refractivity contribution is 6.71. The minimum Gasteiger partial charge on any atom is -0.456 e. The van der Waals surface area contributed by atoms with Crippen molar-refractivity contribution in [3.8, 4) is 0 Å². The predicted octanol–water partition coefficient (Wildman–Crippen LogP) is 4.77. The third kappa shape index (κ3) is 8.90. The lowest BCUT2D eigenvalue weighted by Gasteiger charge is -2.50. The third-order valence-electron chi connectivity index (χ3n) is 3.57. The molecule has 28 heavy (non-hydrogen) atoms. The van der Waals surface area contributed by atoms with Crippen molar-refractivity contribution in [3.05, 3.63) is 0 Å². The fourth-order valence-corrected chi connectivity index (χ4v) is 7.16. The molecule has 0 aliphatic carbocycles. The van der Waals surface area contributed by atoms with Crippen LogP contribution in [-0.2, 0) is 27.2 Å². The van der Waals surface area contributed by atoms with E-state index in [1.54, 1.807) is 0 Å². The molecule has 0 N–H and O–H groups in total. The fraction of sp³-hybridized carbons (Fsp3) is 0.944. The average Bonchev–Trinajstić information content (AvgIpc) is 2.36. The van der Waals surface area contributed by atoms with Gasteiger partial charge in [-0.1, -0.05) is 0 Å². The van der Waals surface area contributed by atoms with E-state index < -0.39 is 51.1 Å². The highest BCUT2D eigenvalue weighted by Gasteiger charge is 2.59. The van der Waals surface area contributed by atoms with Crippen LogP contribution in [0.1, 0.15) is 6.42 Å². The smallest absolute Gasteiger partial charge is 0.368 e. The minimum absolute atomic E-state index is 0.343. The summed E-state index contributed by atoms with van der Waals surface area (Å²) in [5, 5.41) is 0. The normalized spacial score (nSPS) is 24.2. The molecule has 0 aromatic heterocycles. The molecule has 10 heteroatoms. The molecule has 1 aliphatic rings. The molecule has 0 saturated carbocycles. The molecular formula is C18H42O6Si4. The molecule has 1 fully saturated rings. The average molecular weight is 467 g/mol. The van der Waals surface area contributed by atoms with Gasteiger partial charge < -0.3 is 22.4 Å². The first-order chi connectivity index (χ1) is 12.2. The summed E-state index contributed by atoms with van der Waals surface area (Å²) in [6.45, 7) is 25.5. The highest BCUT2D eigenvalue weighted by Crippen LogP contribution is 2.38. The summed E-state index contributed by atoms with van der Waals surface area (Å²) in [4.78, 5) is 13.4. The summed E-state index contributed by atoms with van der Waals surface area (Å²) in [5.41, 5.74) is 0. The number of carbonyl (C=O) groups excluding carboxylic acids is 1. The van der Waals surface area contributed by atoms with E-state index in [0.717, 1.165) is 0 Å². The van der Waals surface area contributed by atoms with Crippen molar-refractivity contribution >= 4 is 39.2 Å². The molecule has 0 bridgehead atoms. The summed E-state index contributed by atoms with van der Waals surface area (Å²) in [6, 6.07) is 0. The maximum atomic E-state index is 13.4. The van der Waals surface area contributed by atoms with Gasteiger partial charge in [0, 0.05) is 6.42 Å². The maximum absolute atomic E-state index is 13.4. The van der Waals surface area contributed by atoms with E-state index in [2.05, 4.69) is 78.6 Å². The molecule has 0 spiro atoms. The molecule has 0 radical (unpaired) electrons. The van der Waals surface area contributed by atoms with Crippen LogP contribution in [0, 0.1) is 0 Å². The SMILES string of the molecule is C[Si](C)(C)OCC1CC(O[Si](C)(C)C)C(O[Si](C)(C)C)(O[Si](C)(C)C)C(=O)O1. The van der Waals surface area contributed by atoms with Crippen molar-refractivity contribution < 1.29 is 27.2 Å². The molecule has 2 unspecified atom stereocenters. The molecular weight excluding hydrogens is 425 g/mol. The Balaban J connectivity index is 3.30. The van der Waals surface area contributed by atoms with Gasteiger partial charge in [0.1, 0.15) is 12.2 Å². The quantitative estimate of drug-likeness (QED) is 0.277. The Bertz CT molecular complexity index is 526. The van der Waals surface area contributed by atoms with Crippen LogP contribution in [0.25, 0.3) is 0 Å². The summed E-state index contributed by atoms with van der Waals surface area (Å²) < 4.78 is 31.2. The molecule has 1 rings (SSSR count). The summed E-state index contributed by atoms with van der Waals surface area (Å²) in [5.74, 6) is -1.94. The topological polar surface area (TPSA) is 63.2 Å². The first-order valence-corrected chi connectivity index (χ1v) is 23.8. The Morgan fingerprint density at radius 1 is 0.821 bits per heavy atom. The van der Waals surface area contributed by atoms with Gasteiger partial charge in [-0.2, -0.15) is 0 Å². The summed E-state index contributed by atoms with van der Waals surface area (Å²) in [7, 11) is -7.97. The lowest BCUT2D eigenvalue weighted by Crippen LogP contribution is -2.68. The Kier molecular flexibility index (Phi) is 8.18. The maximum Gasteiger partial charge on any atom is 0.368 e. The van der Waals surface area contributed by atoms with Gasteiger partial charge in [-0.05, 0) is 78.6 Å². The first kappa shape index (κ1) is 26.2. The Labute approximate surface area is 176 Å². The summed E-state index contributed by atoms with van der Waals surface area (Å²) in [6.07, 6.45) is -0.312. The van der Waals surface area contributed by atoms with Crippen molar-refractivity contribution in [2.75, 3.05) is 6.61 Å². The van der Waals surface area contributed by atoms with E-state index in [1.807, 2.05) is 0 Å². The van der Waals surface area contributed by atoms with Crippen LogP contribution in [0.5, 0.6) is 0 Å². The fourth-order valence-electron chi connectivity index (χ4n) is 2.95. The molecule has 1 aliphatic heterocycles. The van der Waals surface area contributed by atoms with E-state index >= 15 is 0 Å². The zero-order valence-electron chi connectivity index (χ0n) is 20.0. The molecule has 0 aromatic rings. The predicted molar refractivity (Wildman–Crippen MR) is 124 cm³/mol. The standard InChI is InChI=1S/C18H42O6Si4/c1-25(2,3)20-14-15-13-16(22-26(4,5)6)18(17(19)21-15,23-27(7,8)9)24-28(10,11)12/h15-16H,13-14H2,1-12H3. The van der Waals surface area contributed by atoms with Crippen LogP contribution in [0.4, 0.5) is 0 Å². The first-order valence-electron chi connectivity index (χ1n) is 10.2. The molecule has 2 atom stereocenters. The van der Waals surface area contributed by atoms with Gasteiger partial charge in [-0.25, -0.2) is 4.79 Å². The number of rotatable bonds is 9. The Morgan fingerprint density at radius 2 is 1.29 bits per heavy atom. The zero-order chi connectivity index (χ0) is 22.2. The monoisotopic (exact) mass is 466 g/mol.